The minimum absolute atomic E-state index is 0.112. The van der Waals surface area contributed by atoms with Crippen LogP contribution in [0.2, 0.25) is 5.02 Å². The van der Waals surface area contributed by atoms with Gasteiger partial charge in [-0.3, -0.25) is 14.8 Å². The number of hydrogen-bond donors (Lipinski definition) is 1. The Balaban J connectivity index is 0.00000265. The lowest BCUT2D eigenvalue weighted by atomic mass is 10.1. The van der Waals surface area contributed by atoms with Gasteiger partial charge >= 0.3 is 0 Å². The summed E-state index contributed by atoms with van der Waals surface area (Å²) < 4.78 is 5.28. The van der Waals surface area contributed by atoms with Crippen LogP contribution in [0.25, 0.3) is 0 Å². The van der Waals surface area contributed by atoms with Crippen molar-refractivity contribution in [2.45, 2.75) is 53.0 Å². The number of aryl methyl sites for hydroxylation is 1. The molecule has 33 heavy (non-hydrogen) atoms. The van der Waals surface area contributed by atoms with E-state index >= 15 is 0 Å². The van der Waals surface area contributed by atoms with Crippen LogP contribution < -0.4 is 10.1 Å². The Morgan fingerprint density at radius 2 is 1.79 bits per heavy atom. The highest BCUT2D eigenvalue weighted by Crippen LogP contribution is 2.17. The Hall–Kier alpha value is -3.10. The lowest BCUT2D eigenvalue weighted by molar-refractivity contribution is -0.119. The quantitative estimate of drug-likeness (QED) is 0.207. The van der Waals surface area contributed by atoms with E-state index in [4.69, 9.17) is 21.3 Å². The third-order valence-electron chi connectivity index (χ3n) is 4.92. The highest BCUT2D eigenvalue weighted by molar-refractivity contribution is 6.43. The number of halogens is 1. The van der Waals surface area contributed by atoms with Crippen molar-refractivity contribution in [2.24, 2.45) is 9.98 Å². The molecular formula is C27H34ClN3O2. The van der Waals surface area contributed by atoms with Crippen molar-refractivity contribution >= 4 is 29.1 Å². The number of amidine groups is 1. The summed E-state index contributed by atoms with van der Waals surface area (Å²) in [5.74, 6) is 1.29. The van der Waals surface area contributed by atoms with Crippen molar-refractivity contribution in [2.75, 3.05) is 13.7 Å². The van der Waals surface area contributed by atoms with Gasteiger partial charge in [0, 0.05) is 11.6 Å². The average Bonchev–Trinajstić information content (AvgIpc) is 2.83. The summed E-state index contributed by atoms with van der Waals surface area (Å²) in [6, 6.07) is 13.3. The van der Waals surface area contributed by atoms with Gasteiger partial charge in [-0.05, 0) is 60.7 Å². The van der Waals surface area contributed by atoms with Crippen LogP contribution in [0.5, 0.6) is 5.75 Å². The zero-order valence-electron chi connectivity index (χ0n) is 20.0. The van der Waals surface area contributed by atoms with Crippen molar-refractivity contribution in [3.05, 3.63) is 64.2 Å². The average molecular weight is 468 g/mol. The zero-order chi connectivity index (χ0) is 24.6. The number of carbonyl (C=O) groups excluding carboxylic acids is 1. The maximum absolute atomic E-state index is 12.7. The van der Waals surface area contributed by atoms with Gasteiger partial charge in [-0.2, -0.15) is 0 Å². The van der Waals surface area contributed by atoms with Gasteiger partial charge in [0.05, 0.1) is 25.8 Å². The fourth-order valence-electron chi connectivity index (χ4n) is 3.02. The second kappa shape index (κ2) is 15.7. The van der Waals surface area contributed by atoms with Gasteiger partial charge in [-0.1, -0.05) is 50.1 Å². The van der Waals surface area contributed by atoms with Crippen molar-refractivity contribution in [1.82, 2.24) is 5.32 Å². The summed E-state index contributed by atoms with van der Waals surface area (Å²) in [5, 5.41) is 3.64. The summed E-state index contributed by atoms with van der Waals surface area (Å²) in [6.07, 6.45) is 10.9. The predicted molar refractivity (Wildman–Crippen MR) is 140 cm³/mol. The van der Waals surface area contributed by atoms with E-state index in [-0.39, 0.29) is 12.3 Å². The molecule has 0 heterocycles. The molecule has 0 aliphatic rings. The second-order valence-electron chi connectivity index (χ2n) is 7.34. The van der Waals surface area contributed by atoms with E-state index in [1.165, 1.54) is 0 Å². The van der Waals surface area contributed by atoms with E-state index in [9.17, 15) is 4.79 Å². The first-order chi connectivity index (χ1) is 16.0. The molecule has 176 valence electrons. The highest BCUT2D eigenvalue weighted by atomic mass is 35.5. The standard InChI is InChI=1S/C25H32ClN3O2.C2H2/c1-5-7-14-27-25(29-24(30)16-19-8-11-21(26)12-9-19)23(6-2)28-17-20-10-13-22(31-4)15-18(20)3;1-2/h8-13,15H,5-7,14,16-17H2,1-4H3,(H,27,29,30);1-2H. The first kappa shape index (κ1) is 27.9. The predicted octanol–water partition coefficient (Wildman–Crippen LogP) is 5.81. The van der Waals surface area contributed by atoms with Gasteiger partial charge in [-0.15, -0.1) is 12.8 Å². The molecule has 0 aliphatic carbocycles. The molecule has 0 aliphatic heterocycles. The topological polar surface area (TPSA) is 63.0 Å². The Kier molecular flexibility index (Phi) is 13.3. The Morgan fingerprint density at radius 1 is 1.09 bits per heavy atom. The molecule has 0 bridgehead atoms. The molecule has 0 atom stereocenters. The van der Waals surface area contributed by atoms with Crippen molar-refractivity contribution in [3.8, 4) is 18.6 Å². The van der Waals surface area contributed by atoms with Crippen molar-refractivity contribution in [1.29, 1.82) is 0 Å². The summed E-state index contributed by atoms with van der Waals surface area (Å²) in [4.78, 5) is 22.1. The van der Waals surface area contributed by atoms with Gasteiger partial charge in [0.15, 0.2) is 0 Å². The first-order valence-corrected chi connectivity index (χ1v) is 11.4. The minimum atomic E-state index is -0.112. The number of amides is 1. The van der Waals surface area contributed by atoms with Gasteiger partial charge in [0.2, 0.25) is 5.91 Å². The van der Waals surface area contributed by atoms with Crippen LogP contribution in [0.15, 0.2) is 52.4 Å². The van der Waals surface area contributed by atoms with Crippen LogP contribution >= 0.6 is 11.6 Å². The summed E-state index contributed by atoms with van der Waals surface area (Å²) in [7, 11) is 1.66. The monoisotopic (exact) mass is 467 g/mol. The molecule has 0 fully saturated rings. The Labute approximate surface area is 203 Å². The number of methoxy groups -OCH3 is 1. The number of aliphatic imine (C=N–C) groups is 2. The van der Waals surface area contributed by atoms with Crippen molar-refractivity contribution in [3.63, 3.8) is 0 Å². The summed E-state index contributed by atoms with van der Waals surface area (Å²) >= 11 is 5.93. The van der Waals surface area contributed by atoms with Crippen LogP contribution in [-0.4, -0.2) is 31.1 Å². The normalized spacial score (nSPS) is 11.4. The molecule has 2 aromatic carbocycles. The smallest absolute Gasteiger partial charge is 0.229 e. The zero-order valence-corrected chi connectivity index (χ0v) is 20.8. The van der Waals surface area contributed by atoms with E-state index in [0.29, 0.717) is 30.4 Å². The van der Waals surface area contributed by atoms with E-state index in [1.54, 1.807) is 19.2 Å². The Bertz CT molecular complexity index is 963. The van der Waals surface area contributed by atoms with Crippen LogP contribution in [0.4, 0.5) is 0 Å². The van der Waals surface area contributed by atoms with E-state index in [2.05, 4.69) is 30.1 Å². The molecular weight excluding hydrogens is 434 g/mol. The fourth-order valence-corrected chi connectivity index (χ4v) is 3.15. The molecule has 6 heteroatoms. The van der Waals surface area contributed by atoms with Gasteiger partial charge in [0.1, 0.15) is 11.6 Å². The molecule has 1 N–H and O–H groups in total. The van der Waals surface area contributed by atoms with Gasteiger partial charge in [-0.25, -0.2) is 0 Å². The number of unbranched alkanes of at least 4 members (excludes halogenated alkanes) is 1. The van der Waals surface area contributed by atoms with Crippen LogP contribution in [0.1, 0.15) is 49.8 Å². The number of hydrogen-bond acceptors (Lipinski definition) is 4. The number of nitrogens with one attached hydrogen (secondary N) is 1. The lowest BCUT2D eigenvalue weighted by Crippen LogP contribution is -2.37. The van der Waals surface area contributed by atoms with E-state index in [0.717, 1.165) is 41.0 Å². The summed E-state index contributed by atoms with van der Waals surface area (Å²) in [6.45, 7) is 7.38. The maximum Gasteiger partial charge on any atom is 0.229 e. The lowest BCUT2D eigenvalue weighted by Gasteiger charge is -2.12. The largest absolute Gasteiger partial charge is 0.497 e. The molecule has 5 nitrogen and oxygen atoms in total. The van der Waals surface area contributed by atoms with Gasteiger partial charge in [0.25, 0.3) is 0 Å². The van der Waals surface area contributed by atoms with Crippen LogP contribution in [0.3, 0.4) is 0 Å². The Morgan fingerprint density at radius 3 is 2.36 bits per heavy atom. The first-order valence-electron chi connectivity index (χ1n) is 11.1. The van der Waals surface area contributed by atoms with E-state index < -0.39 is 0 Å². The van der Waals surface area contributed by atoms with Crippen molar-refractivity contribution < 1.29 is 9.53 Å². The molecule has 0 aromatic heterocycles. The van der Waals surface area contributed by atoms with Crippen LogP contribution in [0, 0.1) is 19.8 Å². The minimum Gasteiger partial charge on any atom is -0.497 e. The molecule has 1 amide bonds. The number of ether oxygens (including phenoxy) is 1. The number of rotatable bonds is 10. The summed E-state index contributed by atoms with van der Waals surface area (Å²) in [5.41, 5.74) is 3.94. The van der Waals surface area contributed by atoms with E-state index in [1.807, 2.05) is 44.2 Å². The van der Waals surface area contributed by atoms with Crippen LogP contribution in [-0.2, 0) is 17.8 Å². The second-order valence-corrected chi connectivity index (χ2v) is 7.78. The third kappa shape index (κ3) is 9.93. The highest BCUT2D eigenvalue weighted by Gasteiger charge is 2.13. The number of benzene rings is 2. The fraction of sp³-hybridized carbons (Fsp3) is 0.370. The molecule has 0 saturated carbocycles. The SMILES string of the molecule is C#C.CCCCN=C(NC(=O)Cc1ccc(Cl)cc1)C(CC)=NCc1ccc(OC)cc1C. The molecule has 2 rings (SSSR count). The maximum atomic E-state index is 12.7. The molecule has 0 radical (unpaired) electrons. The number of terminal acetylenes is 1. The molecule has 0 saturated heterocycles. The molecule has 0 unspecified atom stereocenters. The molecule has 0 spiro atoms. The third-order valence-corrected chi connectivity index (χ3v) is 5.17. The number of carbonyl (C=O) groups is 1. The number of nitrogens with zero attached hydrogens (tertiary/aromatic N) is 2. The molecule has 2 aromatic rings. The van der Waals surface area contributed by atoms with Gasteiger partial charge < -0.3 is 10.1 Å².